The van der Waals surface area contributed by atoms with Gasteiger partial charge in [0.05, 0.1) is 4.90 Å². The topological polar surface area (TPSA) is 51.2 Å². The Kier molecular flexibility index (Phi) is 4.06. The molecule has 2 aromatic rings. The molecule has 0 unspecified atom stereocenters. The second kappa shape index (κ2) is 5.46. The SMILES string of the molecule is Cc1cc(C(=O)CS(=O)(=O)c2cccc(F)c2)c(C)s1. The molecular weight excluding hydrogens is 299 g/mol. The zero-order chi connectivity index (χ0) is 14.9. The maximum Gasteiger partial charge on any atom is 0.185 e. The number of carbonyl (C=O) groups is 1. The van der Waals surface area contributed by atoms with Crippen molar-refractivity contribution in [1.82, 2.24) is 0 Å². The maximum atomic E-state index is 13.1. The molecule has 0 fully saturated rings. The first-order valence-electron chi connectivity index (χ1n) is 5.88. The van der Waals surface area contributed by atoms with E-state index in [9.17, 15) is 17.6 Å². The number of sulfone groups is 1. The Morgan fingerprint density at radius 3 is 2.50 bits per heavy atom. The van der Waals surface area contributed by atoms with Crippen LogP contribution in [0.2, 0.25) is 0 Å². The van der Waals surface area contributed by atoms with Crippen LogP contribution in [0.4, 0.5) is 4.39 Å². The lowest BCUT2D eigenvalue weighted by atomic mass is 10.2. The molecule has 1 aromatic carbocycles. The lowest BCUT2D eigenvalue weighted by Crippen LogP contribution is -2.16. The number of rotatable bonds is 4. The van der Waals surface area contributed by atoms with Gasteiger partial charge in [0.2, 0.25) is 0 Å². The number of ketones is 1. The van der Waals surface area contributed by atoms with Gasteiger partial charge in [-0.2, -0.15) is 0 Å². The molecule has 0 saturated carbocycles. The van der Waals surface area contributed by atoms with Gasteiger partial charge in [0, 0.05) is 15.3 Å². The first kappa shape index (κ1) is 14.9. The summed E-state index contributed by atoms with van der Waals surface area (Å²) in [7, 11) is -3.82. The van der Waals surface area contributed by atoms with Gasteiger partial charge >= 0.3 is 0 Å². The quantitative estimate of drug-likeness (QED) is 0.815. The van der Waals surface area contributed by atoms with Crippen LogP contribution in [-0.2, 0) is 9.84 Å². The normalized spacial score (nSPS) is 11.6. The fourth-order valence-electron chi connectivity index (χ4n) is 1.90. The molecule has 0 aliphatic rings. The Labute approximate surface area is 121 Å². The summed E-state index contributed by atoms with van der Waals surface area (Å²) < 4.78 is 37.3. The molecule has 0 bridgehead atoms. The second-order valence-corrected chi connectivity index (χ2v) is 7.92. The number of aryl methyl sites for hydroxylation is 2. The van der Waals surface area contributed by atoms with Crippen molar-refractivity contribution < 1.29 is 17.6 Å². The molecule has 20 heavy (non-hydrogen) atoms. The number of halogens is 1. The molecule has 0 N–H and O–H groups in total. The predicted molar refractivity (Wildman–Crippen MR) is 76.6 cm³/mol. The lowest BCUT2D eigenvalue weighted by Gasteiger charge is -2.04. The first-order valence-corrected chi connectivity index (χ1v) is 8.35. The van der Waals surface area contributed by atoms with Crippen LogP contribution < -0.4 is 0 Å². The summed E-state index contributed by atoms with van der Waals surface area (Å²) in [6, 6.07) is 6.37. The third-order valence-electron chi connectivity index (χ3n) is 2.82. The van der Waals surface area contributed by atoms with Gasteiger partial charge in [-0.1, -0.05) is 6.07 Å². The lowest BCUT2D eigenvalue weighted by molar-refractivity contribution is 0.102. The molecule has 0 saturated heterocycles. The van der Waals surface area contributed by atoms with Crippen molar-refractivity contribution in [1.29, 1.82) is 0 Å². The molecule has 0 spiro atoms. The van der Waals surface area contributed by atoms with E-state index in [1.807, 2.05) is 6.92 Å². The van der Waals surface area contributed by atoms with Crippen LogP contribution in [0.1, 0.15) is 20.1 Å². The standard InChI is InChI=1S/C14H13FO3S2/c1-9-6-13(10(2)19-9)14(16)8-20(17,18)12-5-3-4-11(15)7-12/h3-7H,8H2,1-2H3. The van der Waals surface area contributed by atoms with E-state index in [0.29, 0.717) is 5.56 Å². The van der Waals surface area contributed by atoms with Gasteiger partial charge in [0.1, 0.15) is 11.6 Å². The highest BCUT2D eigenvalue weighted by atomic mass is 32.2. The summed E-state index contributed by atoms with van der Waals surface area (Å²) in [6.07, 6.45) is 0. The zero-order valence-electron chi connectivity index (χ0n) is 11.0. The predicted octanol–water partition coefficient (Wildman–Crippen LogP) is 3.16. The van der Waals surface area contributed by atoms with Crippen LogP contribution in [-0.4, -0.2) is 20.0 Å². The van der Waals surface area contributed by atoms with Gasteiger partial charge in [-0.25, -0.2) is 12.8 Å². The van der Waals surface area contributed by atoms with E-state index in [2.05, 4.69) is 0 Å². The van der Waals surface area contributed by atoms with E-state index >= 15 is 0 Å². The average Bonchev–Trinajstić information content (AvgIpc) is 2.68. The molecule has 106 valence electrons. The molecule has 6 heteroatoms. The van der Waals surface area contributed by atoms with E-state index in [0.717, 1.165) is 21.9 Å². The van der Waals surface area contributed by atoms with Crippen molar-refractivity contribution in [2.75, 3.05) is 5.75 Å². The van der Waals surface area contributed by atoms with E-state index in [1.165, 1.54) is 23.5 Å². The minimum Gasteiger partial charge on any atom is -0.293 e. The van der Waals surface area contributed by atoms with Crippen LogP contribution in [0.25, 0.3) is 0 Å². The highest BCUT2D eigenvalue weighted by molar-refractivity contribution is 7.92. The zero-order valence-corrected chi connectivity index (χ0v) is 12.6. The number of benzene rings is 1. The van der Waals surface area contributed by atoms with Crippen LogP contribution in [0.3, 0.4) is 0 Å². The fourth-order valence-corrected chi connectivity index (χ4v) is 4.09. The average molecular weight is 312 g/mol. The van der Waals surface area contributed by atoms with Crippen LogP contribution in [0, 0.1) is 19.7 Å². The van der Waals surface area contributed by atoms with Gasteiger partial charge in [0.25, 0.3) is 0 Å². The molecule has 1 aromatic heterocycles. The van der Waals surface area contributed by atoms with Gasteiger partial charge < -0.3 is 0 Å². The first-order chi connectivity index (χ1) is 9.29. The number of hydrogen-bond acceptors (Lipinski definition) is 4. The summed E-state index contributed by atoms with van der Waals surface area (Å²) in [5, 5.41) is 0. The summed E-state index contributed by atoms with van der Waals surface area (Å²) in [6.45, 7) is 3.63. The number of thiophene rings is 1. The minimum absolute atomic E-state index is 0.171. The molecule has 1 heterocycles. The number of Topliss-reactive ketones (excluding diaryl/α,β-unsaturated/α-hetero) is 1. The van der Waals surface area contributed by atoms with Crippen molar-refractivity contribution in [3.05, 3.63) is 51.5 Å². The molecule has 3 nitrogen and oxygen atoms in total. The van der Waals surface area contributed by atoms with E-state index in [1.54, 1.807) is 13.0 Å². The summed E-state index contributed by atoms with van der Waals surface area (Å²) in [4.78, 5) is 13.7. The fraction of sp³-hybridized carbons (Fsp3) is 0.214. The smallest absolute Gasteiger partial charge is 0.185 e. The van der Waals surface area contributed by atoms with Gasteiger partial charge in [-0.3, -0.25) is 4.79 Å². The summed E-state index contributed by atoms with van der Waals surface area (Å²) in [5.41, 5.74) is 0.424. The Morgan fingerprint density at radius 2 is 1.95 bits per heavy atom. The van der Waals surface area contributed by atoms with Crippen molar-refractivity contribution in [2.24, 2.45) is 0 Å². The Morgan fingerprint density at radius 1 is 1.25 bits per heavy atom. The minimum atomic E-state index is -3.82. The molecule has 0 aliphatic carbocycles. The maximum absolute atomic E-state index is 13.1. The molecule has 0 atom stereocenters. The Balaban J connectivity index is 2.29. The van der Waals surface area contributed by atoms with Crippen molar-refractivity contribution in [2.45, 2.75) is 18.7 Å². The van der Waals surface area contributed by atoms with Gasteiger partial charge in [-0.15, -0.1) is 11.3 Å². The molecular formula is C14H13FO3S2. The van der Waals surface area contributed by atoms with E-state index < -0.39 is 27.2 Å². The monoisotopic (exact) mass is 312 g/mol. The van der Waals surface area contributed by atoms with Crippen molar-refractivity contribution >= 4 is 27.0 Å². The van der Waals surface area contributed by atoms with Gasteiger partial charge in [0.15, 0.2) is 15.6 Å². The summed E-state index contributed by atoms with van der Waals surface area (Å²) in [5.74, 6) is -1.75. The van der Waals surface area contributed by atoms with Crippen molar-refractivity contribution in [3.63, 3.8) is 0 Å². The van der Waals surface area contributed by atoms with Crippen LogP contribution in [0.15, 0.2) is 35.2 Å². The molecule has 2 rings (SSSR count). The molecule has 0 amide bonds. The van der Waals surface area contributed by atoms with Crippen LogP contribution >= 0.6 is 11.3 Å². The Bertz CT molecular complexity index is 760. The van der Waals surface area contributed by atoms with E-state index in [-0.39, 0.29) is 4.90 Å². The van der Waals surface area contributed by atoms with Crippen molar-refractivity contribution in [3.8, 4) is 0 Å². The second-order valence-electron chi connectivity index (χ2n) is 4.47. The highest BCUT2D eigenvalue weighted by Gasteiger charge is 2.22. The Hall–Kier alpha value is -1.53. The molecule has 0 radical (unpaired) electrons. The number of carbonyl (C=O) groups excluding carboxylic acids is 1. The number of hydrogen-bond donors (Lipinski definition) is 0. The largest absolute Gasteiger partial charge is 0.293 e. The summed E-state index contributed by atoms with van der Waals surface area (Å²) >= 11 is 1.45. The van der Waals surface area contributed by atoms with E-state index in [4.69, 9.17) is 0 Å². The van der Waals surface area contributed by atoms with Gasteiger partial charge in [-0.05, 0) is 38.1 Å². The highest BCUT2D eigenvalue weighted by Crippen LogP contribution is 2.22. The van der Waals surface area contributed by atoms with Crippen LogP contribution in [0.5, 0.6) is 0 Å². The third-order valence-corrected chi connectivity index (χ3v) is 5.40. The third kappa shape index (κ3) is 3.13. The molecule has 0 aliphatic heterocycles.